The number of nitrogens with zero attached hydrogens (tertiary/aromatic N) is 1. The van der Waals surface area contributed by atoms with Crippen LogP contribution in [0.3, 0.4) is 0 Å². The fourth-order valence-corrected chi connectivity index (χ4v) is 2.28. The summed E-state index contributed by atoms with van der Waals surface area (Å²) >= 11 is 0. The molecule has 96 valence electrons. The summed E-state index contributed by atoms with van der Waals surface area (Å²) in [6, 6.07) is 6.21. The van der Waals surface area contributed by atoms with E-state index in [-0.39, 0.29) is 17.3 Å². The largest absolute Gasteiger partial charge is 0.478 e. The van der Waals surface area contributed by atoms with Gasteiger partial charge in [-0.1, -0.05) is 12.1 Å². The summed E-state index contributed by atoms with van der Waals surface area (Å²) in [4.78, 5) is 25.2. The van der Waals surface area contributed by atoms with Crippen molar-refractivity contribution in [1.29, 1.82) is 0 Å². The Morgan fingerprint density at radius 3 is 2.11 bits per heavy atom. The molecule has 0 saturated carbocycles. The molecule has 1 heterocycles. The van der Waals surface area contributed by atoms with Crippen molar-refractivity contribution in [1.82, 2.24) is 4.90 Å². The Morgan fingerprint density at radius 1 is 1.11 bits per heavy atom. The Labute approximate surface area is 106 Å². The Morgan fingerprint density at radius 2 is 1.61 bits per heavy atom. The van der Waals surface area contributed by atoms with E-state index < -0.39 is 5.97 Å². The molecule has 1 N–H and O–H groups in total. The number of rotatable bonds is 3. The van der Waals surface area contributed by atoms with Crippen molar-refractivity contribution in [3.8, 4) is 0 Å². The van der Waals surface area contributed by atoms with Gasteiger partial charge >= 0.3 is 5.97 Å². The molecule has 4 nitrogen and oxygen atoms in total. The smallest absolute Gasteiger partial charge is 0.335 e. The highest BCUT2D eigenvalue weighted by Gasteiger charge is 2.24. The minimum absolute atomic E-state index is 0.0804. The first-order valence-electron chi connectivity index (χ1n) is 6.14. The fraction of sp³-hybridized carbons (Fsp3) is 0.429. The summed E-state index contributed by atoms with van der Waals surface area (Å²) in [7, 11) is 2.06. The summed E-state index contributed by atoms with van der Waals surface area (Å²) in [5.41, 5.74) is 0.837. The van der Waals surface area contributed by atoms with Gasteiger partial charge in [0.05, 0.1) is 5.56 Å². The van der Waals surface area contributed by atoms with Gasteiger partial charge in [0.1, 0.15) is 0 Å². The van der Waals surface area contributed by atoms with Gasteiger partial charge in [-0.05, 0) is 45.1 Å². The number of carboxylic acid groups (broad SMARTS) is 1. The zero-order valence-electron chi connectivity index (χ0n) is 10.4. The van der Waals surface area contributed by atoms with E-state index in [1.54, 1.807) is 12.1 Å². The molecule has 1 aromatic rings. The highest BCUT2D eigenvalue weighted by Crippen LogP contribution is 2.21. The zero-order valence-corrected chi connectivity index (χ0v) is 10.4. The number of likely N-dealkylation sites (tertiary alicyclic amines) is 1. The van der Waals surface area contributed by atoms with Crippen molar-refractivity contribution in [2.24, 2.45) is 5.92 Å². The molecule has 0 unspecified atom stereocenters. The number of Topliss-reactive ketones (excluding diaryl/α,β-unsaturated/α-hetero) is 1. The van der Waals surface area contributed by atoms with Crippen LogP contribution in [0.2, 0.25) is 0 Å². The Balaban J connectivity index is 2.07. The van der Waals surface area contributed by atoms with Gasteiger partial charge in [-0.2, -0.15) is 0 Å². The van der Waals surface area contributed by atoms with Crippen LogP contribution in [-0.4, -0.2) is 41.9 Å². The third-order valence-corrected chi connectivity index (χ3v) is 3.51. The van der Waals surface area contributed by atoms with Gasteiger partial charge < -0.3 is 10.0 Å². The van der Waals surface area contributed by atoms with Gasteiger partial charge in [0.15, 0.2) is 5.78 Å². The Bertz CT molecular complexity index is 445. The van der Waals surface area contributed by atoms with Gasteiger partial charge in [-0.15, -0.1) is 0 Å². The summed E-state index contributed by atoms with van der Waals surface area (Å²) < 4.78 is 0. The molecule has 2 rings (SSSR count). The van der Waals surface area contributed by atoms with E-state index in [0.717, 1.165) is 25.9 Å². The average molecular weight is 247 g/mol. The predicted molar refractivity (Wildman–Crippen MR) is 68.0 cm³/mol. The second-order valence-corrected chi connectivity index (χ2v) is 4.82. The van der Waals surface area contributed by atoms with E-state index in [9.17, 15) is 9.59 Å². The first kappa shape index (κ1) is 12.8. The van der Waals surface area contributed by atoms with E-state index in [1.807, 2.05) is 0 Å². The molecule has 0 aliphatic carbocycles. The van der Waals surface area contributed by atoms with Crippen molar-refractivity contribution in [2.45, 2.75) is 12.8 Å². The van der Waals surface area contributed by atoms with Crippen LogP contribution in [-0.2, 0) is 0 Å². The van der Waals surface area contributed by atoms with Crippen LogP contribution in [0.5, 0.6) is 0 Å². The molecule has 0 radical (unpaired) electrons. The molecule has 0 spiro atoms. The topological polar surface area (TPSA) is 57.6 Å². The molecule has 1 aliphatic rings. The first-order chi connectivity index (χ1) is 8.58. The highest BCUT2D eigenvalue weighted by molar-refractivity contribution is 5.99. The van der Waals surface area contributed by atoms with Gasteiger partial charge in [0.25, 0.3) is 0 Å². The summed E-state index contributed by atoms with van der Waals surface area (Å²) in [5.74, 6) is -0.745. The van der Waals surface area contributed by atoms with Gasteiger partial charge in [0.2, 0.25) is 0 Å². The predicted octanol–water partition coefficient (Wildman–Crippen LogP) is 1.91. The molecule has 18 heavy (non-hydrogen) atoms. The number of hydrogen-bond acceptors (Lipinski definition) is 3. The minimum atomic E-state index is -0.965. The maximum Gasteiger partial charge on any atom is 0.335 e. The molecule has 1 aliphatic heterocycles. The second kappa shape index (κ2) is 5.31. The molecule has 0 aromatic heterocycles. The van der Waals surface area contributed by atoms with Crippen LogP contribution in [0.1, 0.15) is 33.6 Å². The third kappa shape index (κ3) is 2.76. The molecule has 1 fully saturated rings. The van der Waals surface area contributed by atoms with Crippen molar-refractivity contribution in [3.05, 3.63) is 35.4 Å². The van der Waals surface area contributed by atoms with Crippen LogP contribution in [0.25, 0.3) is 0 Å². The number of piperidine rings is 1. The molecule has 0 amide bonds. The number of carbonyl (C=O) groups is 2. The van der Waals surface area contributed by atoms with E-state index in [1.165, 1.54) is 12.1 Å². The Kier molecular flexibility index (Phi) is 3.77. The lowest BCUT2D eigenvalue weighted by molar-refractivity contribution is 0.0696. The lowest BCUT2D eigenvalue weighted by atomic mass is 9.89. The fourth-order valence-electron chi connectivity index (χ4n) is 2.28. The van der Waals surface area contributed by atoms with E-state index >= 15 is 0 Å². The van der Waals surface area contributed by atoms with Crippen LogP contribution in [0, 0.1) is 5.92 Å². The molecule has 0 bridgehead atoms. The summed E-state index contributed by atoms with van der Waals surface area (Å²) in [6.45, 7) is 1.90. The van der Waals surface area contributed by atoms with Gasteiger partial charge in [-0.3, -0.25) is 4.79 Å². The van der Waals surface area contributed by atoms with Crippen LogP contribution in [0.15, 0.2) is 24.3 Å². The minimum Gasteiger partial charge on any atom is -0.478 e. The number of carbonyl (C=O) groups excluding carboxylic acids is 1. The van der Waals surface area contributed by atoms with Crippen molar-refractivity contribution in [2.75, 3.05) is 20.1 Å². The lowest BCUT2D eigenvalue weighted by Crippen LogP contribution is -2.33. The Hall–Kier alpha value is -1.68. The number of aromatic carboxylic acids is 1. The molecule has 0 atom stereocenters. The maximum absolute atomic E-state index is 12.2. The standard InChI is InChI=1S/C14H17NO3/c1-15-8-6-11(7-9-15)13(16)10-2-4-12(5-3-10)14(17)18/h2-5,11H,6-9H2,1H3,(H,17,18). The normalized spacial score (nSPS) is 17.6. The van der Waals surface area contributed by atoms with Crippen LogP contribution >= 0.6 is 0 Å². The van der Waals surface area contributed by atoms with Crippen molar-refractivity contribution in [3.63, 3.8) is 0 Å². The highest BCUT2D eigenvalue weighted by atomic mass is 16.4. The van der Waals surface area contributed by atoms with E-state index in [4.69, 9.17) is 5.11 Å². The molecule has 1 aromatic carbocycles. The average Bonchev–Trinajstić information content (AvgIpc) is 2.39. The van der Waals surface area contributed by atoms with Crippen molar-refractivity contribution >= 4 is 11.8 Å². The number of benzene rings is 1. The SMILES string of the molecule is CN1CCC(C(=O)c2ccc(C(=O)O)cc2)CC1. The molecule has 4 heteroatoms. The van der Waals surface area contributed by atoms with E-state index in [0.29, 0.717) is 5.56 Å². The lowest BCUT2D eigenvalue weighted by Gasteiger charge is -2.27. The first-order valence-corrected chi connectivity index (χ1v) is 6.14. The van der Waals surface area contributed by atoms with Gasteiger partial charge in [-0.25, -0.2) is 4.79 Å². The second-order valence-electron chi connectivity index (χ2n) is 4.82. The van der Waals surface area contributed by atoms with Crippen LogP contribution < -0.4 is 0 Å². The zero-order chi connectivity index (χ0) is 13.1. The molecular formula is C14H17NO3. The number of ketones is 1. The van der Waals surface area contributed by atoms with Crippen molar-refractivity contribution < 1.29 is 14.7 Å². The third-order valence-electron chi connectivity index (χ3n) is 3.51. The van der Waals surface area contributed by atoms with E-state index in [2.05, 4.69) is 11.9 Å². The molecule has 1 saturated heterocycles. The quantitative estimate of drug-likeness (QED) is 0.829. The molecular weight excluding hydrogens is 230 g/mol. The number of carboxylic acids is 1. The summed E-state index contributed by atoms with van der Waals surface area (Å²) in [6.07, 6.45) is 1.77. The maximum atomic E-state index is 12.2. The summed E-state index contributed by atoms with van der Waals surface area (Å²) in [5, 5.41) is 8.80. The number of hydrogen-bond donors (Lipinski definition) is 1. The van der Waals surface area contributed by atoms with Gasteiger partial charge in [0, 0.05) is 11.5 Å². The van der Waals surface area contributed by atoms with Crippen LogP contribution in [0.4, 0.5) is 0 Å². The monoisotopic (exact) mass is 247 g/mol.